The Hall–Kier alpha value is -0.820. The second kappa shape index (κ2) is 6.97. The minimum Gasteiger partial charge on any atom is -0.379 e. The molecule has 0 amide bonds. The number of rotatable bonds is 4. The third-order valence-corrected chi connectivity index (χ3v) is 8.17. The van der Waals surface area contributed by atoms with E-state index >= 15 is 0 Å². The van der Waals surface area contributed by atoms with E-state index in [1.54, 1.807) is 18.2 Å². The van der Waals surface area contributed by atoms with E-state index in [4.69, 9.17) is 15.8 Å². The van der Waals surface area contributed by atoms with Crippen LogP contribution in [0.5, 0.6) is 5.75 Å². The van der Waals surface area contributed by atoms with Gasteiger partial charge in [-0.25, -0.2) is 0 Å². The van der Waals surface area contributed by atoms with Gasteiger partial charge in [0.1, 0.15) is 10.6 Å². The molecule has 0 saturated carbocycles. The van der Waals surface area contributed by atoms with E-state index < -0.39 is 10.1 Å². The predicted molar refractivity (Wildman–Crippen MR) is 98.1 cm³/mol. The first-order valence-electron chi connectivity index (χ1n) is 6.99. The van der Waals surface area contributed by atoms with Crippen LogP contribution in [0.4, 0.5) is 0 Å². The number of halogens is 1. The highest BCUT2D eigenvalue weighted by atomic mass is 35.5. The van der Waals surface area contributed by atoms with Gasteiger partial charge in [0, 0.05) is 16.5 Å². The maximum absolute atomic E-state index is 12.3. The van der Waals surface area contributed by atoms with Gasteiger partial charge in [-0.2, -0.15) is 8.42 Å². The molecular formula is C16H15ClO3S3. The van der Waals surface area contributed by atoms with Gasteiger partial charge in [0.25, 0.3) is 0 Å². The summed E-state index contributed by atoms with van der Waals surface area (Å²) in [5, 5.41) is 0.403. The lowest BCUT2D eigenvalue weighted by molar-refractivity contribution is 0.486. The van der Waals surface area contributed by atoms with Gasteiger partial charge in [-0.3, -0.25) is 0 Å². The van der Waals surface area contributed by atoms with Crippen LogP contribution in [0, 0.1) is 6.92 Å². The standard InChI is InChI=1S/C16H15ClO3S3/c1-11-2-7-14(10-15(11)17)23(18,19)20-13-5-3-12(4-6-13)16-21-8-9-22-16/h2-7,10,16H,8-9H2,1H3. The van der Waals surface area contributed by atoms with Gasteiger partial charge in [-0.05, 0) is 42.3 Å². The largest absolute Gasteiger partial charge is 0.379 e. The zero-order chi connectivity index (χ0) is 16.4. The van der Waals surface area contributed by atoms with Crippen LogP contribution in [0.3, 0.4) is 0 Å². The summed E-state index contributed by atoms with van der Waals surface area (Å²) in [7, 11) is -3.88. The van der Waals surface area contributed by atoms with Gasteiger partial charge in [0.2, 0.25) is 0 Å². The Bertz CT molecular complexity index is 798. The van der Waals surface area contributed by atoms with Crippen molar-refractivity contribution in [2.75, 3.05) is 11.5 Å². The van der Waals surface area contributed by atoms with Crippen LogP contribution in [0.2, 0.25) is 5.02 Å². The lowest BCUT2D eigenvalue weighted by atomic mass is 10.2. The van der Waals surface area contributed by atoms with Crippen LogP contribution < -0.4 is 4.18 Å². The van der Waals surface area contributed by atoms with E-state index in [1.165, 1.54) is 17.7 Å². The number of thioether (sulfide) groups is 2. The number of benzene rings is 2. The van der Waals surface area contributed by atoms with Crippen molar-refractivity contribution in [2.45, 2.75) is 16.4 Å². The summed E-state index contributed by atoms with van der Waals surface area (Å²) in [5.41, 5.74) is 2.00. The molecular weight excluding hydrogens is 372 g/mol. The topological polar surface area (TPSA) is 43.4 Å². The fourth-order valence-electron chi connectivity index (χ4n) is 2.14. The summed E-state index contributed by atoms with van der Waals surface area (Å²) in [5.74, 6) is 2.60. The van der Waals surface area contributed by atoms with Gasteiger partial charge in [0.05, 0.1) is 4.58 Å². The van der Waals surface area contributed by atoms with Crippen molar-refractivity contribution < 1.29 is 12.6 Å². The Balaban J connectivity index is 1.78. The SMILES string of the molecule is Cc1ccc(S(=O)(=O)Oc2ccc(C3SCCS3)cc2)cc1Cl. The molecule has 0 unspecified atom stereocenters. The van der Waals surface area contributed by atoms with Crippen LogP contribution in [0.1, 0.15) is 15.7 Å². The molecule has 1 heterocycles. The summed E-state index contributed by atoms with van der Waals surface area (Å²) in [4.78, 5) is 0.0547. The number of aryl methyl sites for hydroxylation is 1. The molecule has 0 aliphatic carbocycles. The highest BCUT2D eigenvalue weighted by Gasteiger charge is 2.20. The van der Waals surface area contributed by atoms with Crippen molar-refractivity contribution in [3.63, 3.8) is 0 Å². The molecule has 1 fully saturated rings. The molecule has 1 aliphatic rings. The van der Waals surface area contributed by atoms with Crippen molar-refractivity contribution >= 4 is 45.2 Å². The van der Waals surface area contributed by atoms with Gasteiger partial charge < -0.3 is 4.18 Å². The third-order valence-electron chi connectivity index (χ3n) is 3.41. The first kappa shape index (κ1) is 17.0. The summed E-state index contributed by atoms with van der Waals surface area (Å²) in [6.45, 7) is 1.82. The molecule has 1 aliphatic heterocycles. The smallest absolute Gasteiger partial charge is 0.339 e. The van der Waals surface area contributed by atoms with Crippen LogP contribution in [-0.2, 0) is 10.1 Å². The second-order valence-corrected chi connectivity index (χ2v) is 9.77. The summed E-state index contributed by atoms with van der Waals surface area (Å²) in [6, 6.07) is 11.8. The second-order valence-electron chi connectivity index (χ2n) is 5.09. The molecule has 122 valence electrons. The van der Waals surface area contributed by atoms with Crippen LogP contribution in [0.15, 0.2) is 47.4 Å². The lowest BCUT2D eigenvalue weighted by Gasteiger charge is -2.11. The highest BCUT2D eigenvalue weighted by Crippen LogP contribution is 2.45. The van der Waals surface area contributed by atoms with Crippen LogP contribution in [-0.4, -0.2) is 19.9 Å². The lowest BCUT2D eigenvalue weighted by Crippen LogP contribution is -2.09. The number of hydrogen-bond acceptors (Lipinski definition) is 5. The fraction of sp³-hybridized carbons (Fsp3) is 0.250. The monoisotopic (exact) mass is 386 g/mol. The average molecular weight is 387 g/mol. The van der Waals surface area contributed by atoms with E-state index in [0.29, 0.717) is 15.4 Å². The molecule has 1 saturated heterocycles. The maximum Gasteiger partial charge on any atom is 0.339 e. The summed E-state index contributed by atoms with van der Waals surface area (Å²) >= 11 is 9.80. The molecule has 0 radical (unpaired) electrons. The first-order valence-corrected chi connectivity index (χ1v) is 10.9. The number of hydrogen-bond donors (Lipinski definition) is 0. The molecule has 0 aromatic heterocycles. The van der Waals surface area contributed by atoms with Crippen molar-refractivity contribution in [2.24, 2.45) is 0 Å². The quantitative estimate of drug-likeness (QED) is 0.699. The highest BCUT2D eigenvalue weighted by molar-refractivity contribution is 8.19. The molecule has 0 spiro atoms. The Morgan fingerprint density at radius 3 is 2.35 bits per heavy atom. The Morgan fingerprint density at radius 2 is 1.74 bits per heavy atom. The van der Waals surface area contributed by atoms with Gasteiger partial charge in [0.15, 0.2) is 0 Å². The molecule has 0 atom stereocenters. The molecule has 3 nitrogen and oxygen atoms in total. The first-order chi connectivity index (χ1) is 11.0. The van der Waals surface area contributed by atoms with Gasteiger partial charge >= 0.3 is 10.1 Å². The van der Waals surface area contributed by atoms with Gasteiger partial charge in [-0.1, -0.05) is 29.8 Å². The molecule has 2 aromatic carbocycles. The molecule has 3 rings (SSSR count). The zero-order valence-electron chi connectivity index (χ0n) is 12.4. The Morgan fingerprint density at radius 1 is 1.09 bits per heavy atom. The van der Waals surface area contributed by atoms with E-state index in [-0.39, 0.29) is 4.90 Å². The maximum atomic E-state index is 12.3. The van der Waals surface area contributed by atoms with Crippen molar-refractivity contribution in [1.82, 2.24) is 0 Å². The van der Waals surface area contributed by atoms with Crippen LogP contribution in [0.25, 0.3) is 0 Å². The molecule has 0 N–H and O–H groups in total. The average Bonchev–Trinajstić information content (AvgIpc) is 3.04. The fourth-order valence-corrected chi connectivity index (χ4v) is 6.20. The molecule has 0 bridgehead atoms. The Kier molecular flexibility index (Phi) is 5.16. The van der Waals surface area contributed by atoms with Crippen molar-refractivity contribution in [3.05, 3.63) is 58.6 Å². The van der Waals surface area contributed by atoms with E-state index in [2.05, 4.69) is 0 Å². The minimum atomic E-state index is -3.88. The van der Waals surface area contributed by atoms with E-state index in [9.17, 15) is 8.42 Å². The molecule has 2 aromatic rings. The van der Waals surface area contributed by atoms with E-state index in [0.717, 1.165) is 17.1 Å². The minimum absolute atomic E-state index is 0.0547. The normalized spacial score (nSPS) is 15.7. The van der Waals surface area contributed by atoms with E-state index in [1.807, 2.05) is 42.6 Å². The van der Waals surface area contributed by atoms with Crippen molar-refractivity contribution in [3.8, 4) is 5.75 Å². The zero-order valence-corrected chi connectivity index (χ0v) is 15.6. The third kappa shape index (κ3) is 3.99. The molecule has 7 heteroatoms. The Labute approximate surface area is 149 Å². The van der Waals surface area contributed by atoms with Gasteiger partial charge in [-0.15, -0.1) is 23.5 Å². The predicted octanol–water partition coefficient (Wildman–Crippen LogP) is 4.89. The molecule has 23 heavy (non-hydrogen) atoms. The van der Waals surface area contributed by atoms with Crippen LogP contribution >= 0.6 is 35.1 Å². The summed E-state index contributed by atoms with van der Waals surface area (Å²) < 4.78 is 30.3. The summed E-state index contributed by atoms with van der Waals surface area (Å²) in [6.07, 6.45) is 0. The van der Waals surface area contributed by atoms with Crippen molar-refractivity contribution in [1.29, 1.82) is 0 Å².